The fourth-order valence-corrected chi connectivity index (χ4v) is 0.794. The van der Waals surface area contributed by atoms with Crippen LogP contribution in [0, 0.1) is 6.92 Å². The lowest BCUT2D eigenvalue weighted by Crippen LogP contribution is -1.92. The predicted octanol–water partition coefficient (Wildman–Crippen LogP) is 2.11. The van der Waals surface area contributed by atoms with Crippen LogP contribution in [0.25, 0.3) is 0 Å². The average Bonchev–Trinajstić information content (AvgIpc) is 1.77. The van der Waals surface area contributed by atoms with Crippen molar-refractivity contribution in [2.75, 3.05) is 0 Å². The van der Waals surface area contributed by atoms with Crippen LogP contribution in [0.2, 0.25) is 0 Å². The summed E-state index contributed by atoms with van der Waals surface area (Å²) in [5, 5.41) is 1.28. The van der Waals surface area contributed by atoms with Crippen LogP contribution >= 0.6 is 33.2 Å². The Kier molecular flexibility index (Phi) is 4.41. The zero-order valence-corrected chi connectivity index (χ0v) is 8.78. The van der Waals surface area contributed by atoms with Gasteiger partial charge in [0.1, 0.15) is 0 Å². The van der Waals surface area contributed by atoms with Gasteiger partial charge in [-0.1, -0.05) is 24.3 Å². The summed E-state index contributed by atoms with van der Waals surface area (Å²) in [5.74, 6) is 0. The van der Waals surface area contributed by atoms with Crippen molar-refractivity contribution in [1.29, 1.82) is 0 Å². The van der Waals surface area contributed by atoms with Gasteiger partial charge in [0.2, 0.25) is 0 Å². The standard InChI is InChI=1S/C7H9P.HI/c1-6-4-2-3-5-7(6)8;/h2-5H,8H2,1H3;1H. The van der Waals surface area contributed by atoms with Gasteiger partial charge in [-0.2, -0.15) is 0 Å². The molecule has 0 heterocycles. The van der Waals surface area contributed by atoms with E-state index in [2.05, 4.69) is 28.3 Å². The van der Waals surface area contributed by atoms with Gasteiger partial charge in [-0.3, -0.25) is 0 Å². The first-order valence-electron chi connectivity index (χ1n) is 2.62. The van der Waals surface area contributed by atoms with Crippen molar-refractivity contribution >= 4 is 38.5 Å². The normalized spacial score (nSPS) is 8.22. The molecule has 1 aromatic rings. The molecule has 1 unspecified atom stereocenters. The Morgan fingerprint density at radius 1 is 1.22 bits per heavy atom. The third-order valence-electron chi connectivity index (χ3n) is 1.19. The van der Waals surface area contributed by atoms with Gasteiger partial charge in [-0.05, 0) is 17.8 Å². The second kappa shape index (κ2) is 4.24. The SMILES string of the molecule is Cc1ccccc1P.I. The highest BCUT2D eigenvalue weighted by molar-refractivity contribution is 14.0. The molecule has 0 aliphatic rings. The van der Waals surface area contributed by atoms with Crippen molar-refractivity contribution in [1.82, 2.24) is 0 Å². The highest BCUT2D eigenvalue weighted by Gasteiger charge is 1.84. The van der Waals surface area contributed by atoms with E-state index < -0.39 is 0 Å². The molecule has 1 atom stereocenters. The van der Waals surface area contributed by atoms with Crippen LogP contribution in [0.3, 0.4) is 0 Å². The van der Waals surface area contributed by atoms with E-state index >= 15 is 0 Å². The van der Waals surface area contributed by atoms with Crippen LogP contribution in [-0.2, 0) is 0 Å². The molecule has 0 aliphatic carbocycles. The van der Waals surface area contributed by atoms with E-state index in [1.54, 1.807) is 0 Å². The molecule has 0 N–H and O–H groups in total. The van der Waals surface area contributed by atoms with Gasteiger partial charge < -0.3 is 0 Å². The lowest BCUT2D eigenvalue weighted by Gasteiger charge is -1.93. The maximum atomic E-state index is 2.69. The maximum Gasteiger partial charge on any atom is -0.0274 e. The van der Waals surface area contributed by atoms with Gasteiger partial charge in [0.05, 0.1) is 0 Å². The lowest BCUT2D eigenvalue weighted by atomic mass is 10.2. The highest BCUT2D eigenvalue weighted by Crippen LogP contribution is 1.96. The van der Waals surface area contributed by atoms with E-state index in [0.29, 0.717) is 0 Å². The van der Waals surface area contributed by atoms with Crippen LogP contribution in [0.4, 0.5) is 0 Å². The third kappa shape index (κ3) is 2.63. The van der Waals surface area contributed by atoms with Crippen LogP contribution < -0.4 is 5.30 Å². The van der Waals surface area contributed by atoms with Crippen molar-refractivity contribution in [3.05, 3.63) is 29.8 Å². The van der Waals surface area contributed by atoms with Gasteiger partial charge in [-0.25, -0.2) is 0 Å². The van der Waals surface area contributed by atoms with Gasteiger partial charge in [-0.15, -0.1) is 33.2 Å². The van der Waals surface area contributed by atoms with Crippen LogP contribution in [0.1, 0.15) is 5.56 Å². The Labute approximate surface area is 75.3 Å². The Balaban J connectivity index is 0.000000640. The zero-order valence-electron chi connectivity index (χ0n) is 5.29. The molecule has 0 saturated carbocycles. The molecule has 0 saturated heterocycles. The summed E-state index contributed by atoms with van der Waals surface area (Å²) in [7, 11) is 2.69. The van der Waals surface area contributed by atoms with Crippen molar-refractivity contribution in [3.63, 3.8) is 0 Å². The first-order valence-corrected chi connectivity index (χ1v) is 3.19. The Morgan fingerprint density at radius 3 is 2.11 bits per heavy atom. The van der Waals surface area contributed by atoms with E-state index in [-0.39, 0.29) is 24.0 Å². The number of hydrogen-bond acceptors (Lipinski definition) is 0. The molecule has 0 amide bonds. The topological polar surface area (TPSA) is 0 Å². The predicted molar refractivity (Wildman–Crippen MR) is 55.9 cm³/mol. The maximum absolute atomic E-state index is 2.69. The van der Waals surface area contributed by atoms with E-state index in [0.717, 1.165) is 0 Å². The van der Waals surface area contributed by atoms with Crippen LogP contribution in [0.5, 0.6) is 0 Å². The molecule has 50 valence electrons. The summed E-state index contributed by atoms with van der Waals surface area (Å²) in [6.07, 6.45) is 0. The van der Waals surface area contributed by atoms with E-state index in [1.165, 1.54) is 10.9 Å². The molecule has 0 aliphatic heterocycles. The van der Waals surface area contributed by atoms with Gasteiger partial charge >= 0.3 is 0 Å². The van der Waals surface area contributed by atoms with Crippen LogP contribution in [0.15, 0.2) is 24.3 Å². The van der Waals surface area contributed by atoms with Gasteiger partial charge in [0.25, 0.3) is 0 Å². The van der Waals surface area contributed by atoms with E-state index in [1.807, 2.05) is 12.1 Å². The molecular weight excluding hydrogens is 242 g/mol. The molecular formula is C7H10IP. The van der Waals surface area contributed by atoms with Crippen molar-refractivity contribution in [2.24, 2.45) is 0 Å². The van der Waals surface area contributed by atoms with E-state index in [4.69, 9.17) is 0 Å². The quantitative estimate of drug-likeness (QED) is 0.490. The second-order valence-electron chi connectivity index (χ2n) is 1.86. The highest BCUT2D eigenvalue weighted by atomic mass is 127. The van der Waals surface area contributed by atoms with Gasteiger partial charge in [0, 0.05) is 0 Å². The van der Waals surface area contributed by atoms with Crippen molar-refractivity contribution < 1.29 is 0 Å². The molecule has 0 nitrogen and oxygen atoms in total. The summed E-state index contributed by atoms with van der Waals surface area (Å²) in [6.45, 7) is 2.10. The number of aryl methyl sites for hydroxylation is 1. The van der Waals surface area contributed by atoms with Crippen molar-refractivity contribution in [2.45, 2.75) is 6.92 Å². The second-order valence-corrected chi connectivity index (χ2v) is 2.48. The molecule has 2 heteroatoms. The molecule has 1 aromatic carbocycles. The number of benzene rings is 1. The number of rotatable bonds is 0. The first-order chi connectivity index (χ1) is 3.80. The minimum atomic E-state index is 0. The summed E-state index contributed by atoms with van der Waals surface area (Å²) in [5.41, 5.74) is 1.33. The average molecular weight is 252 g/mol. The summed E-state index contributed by atoms with van der Waals surface area (Å²) >= 11 is 0. The molecule has 0 fully saturated rings. The smallest absolute Gasteiger partial charge is 0.0274 e. The number of halogens is 1. The molecule has 1 rings (SSSR count). The monoisotopic (exact) mass is 252 g/mol. The zero-order chi connectivity index (χ0) is 5.98. The van der Waals surface area contributed by atoms with Gasteiger partial charge in [0.15, 0.2) is 0 Å². The summed E-state index contributed by atoms with van der Waals surface area (Å²) in [4.78, 5) is 0. The number of hydrogen-bond donors (Lipinski definition) is 0. The molecule has 9 heavy (non-hydrogen) atoms. The Morgan fingerprint density at radius 2 is 1.78 bits per heavy atom. The lowest BCUT2D eigenvalue weighted by molar-refractivity contribution is 1.52. The van der Waals surface area contributed by atoms with E-state index in [9.17, 15) is 0 Å². The minimum absolute atomic E-state index is 0. The molecule has 0 bridgehead atoms. The largest absolute Gasteiger partial charge is 0.107 e. The molecule has 0 spiro atoms. The fourth-order valence-electron chi connectivity index (χ4n) is 0.587. The minimum Gasteiger partial charge on any atom is -0.107 e. The third-order valence-corrected chi connectivity index (χ3v) is 1.84. The van der Waals surface area contributed by atoms with Crippen LogP contribution in [-0.4, -0.2) is 0 Å². The molecule has 0 radical (unpaired) electrons. The molecule has 0 aromatic heterocycles. The fraction of sp³-hybridized carbons (Fsp3) is 0.143. The first kappa shape index (κ1) is 9.38. The van der Waals surface area contributed by atoms with Crippen molar-refractivity contribution in [3.8, 4) is 0 Å². The summed E-state index contributed by atoms with van der Waals surface area (Å²) in [6, 6.07) is 8.26. The summed E-state index contributed by atoms with van der Waals surface area (Å²) < 4.78 is 0. The Hall–Kier alpha value is 0.380. The Bertz CT molecular complexity index is 165.